The molecule has 5 rings (SSSR count). The standard InChI is InChI=1S/C21H17N7/c1-26-21(20-8-2-3-9-23-20)25-28(26)19-13-17(14-22-15-19)16-6-4-7-18(12-16)27-11-5-10-24-27/h2-15H,1H3. The molecule has 0 saturated heterocycles. The normalized spacial score (nSPS) is 11.0. The predicted octanol–water partition coefficient (Wildman–Crippen LogP) is 3.52. The second-order valence-electron chi connectivity index (χ2n) is 6.38. The van der Waals surface area contributed by atoms with Crippen molar-refractivity contribution in [3.8, 4) is 34.0 Å². The summed E-state index contributed by atoms with van der Waals surface area (Å²) >= 11 is 0. The highest BCUT2D eigenvalue weighted by Crippen LogP contribution is 2.24. The molecule has 0 aliphatic heterocycles. The van der Waals surface area contributed by atoms with Gasteiger partial charge in [-0.05, 0) is 42.0 Å². The fraction of sp³-hybridized carbons (Fsp3) is 0.0476. The number of nitrogens with zero attached hydrogens (tertiary/aromatic N) is 7. The second kappa shape index (κ2) is 6.62. The first-order valence-corrected chi connectivity index (χ1v) is 8.89. The van der Waals surface area contributed by atoms with Gasteiger partial charge in [0.15, 0.2) is 5.82 Å². The topological polar surface area (TPSA) is 66.3 Å². The van der Waals surface area contributed by atoms with Gasteiger partial charge in [-0.2, -0.15) is 9.90 Å². The van der Waals surface area contributed by atoms with Gasteiger partial charge in [-0.3, -0.25) is 9.97 Å². The maximum absolute atomic E-state index is 4.60. The van der Waals surface area contributed by atoms with Gasteiger partial charge in [-0.15, -0.1) is 5.10 Å². The maximum atomic E-state index is 4.60. The van der Waals surface area contributed by atoms with Crippen LogP contribution in [0.1, 0.15) is 0 Å². The highest BCUT2D eigenvalue weighted by atomic mass is 15.6. The SMILES string of the molecule is Cn1c(-c2ccccn2)nn1-c1cncc(-c2cccc(-n3cccn3)c2)c1. The molecular formula is C21H17N7. The fourth-order valence-corrected chi connectivity index (χ4v) is 3.16. The lowest BCUT2D eigenvalue weighted by molar-refractivity contribution is 0.487. The minimum Gasteiger partial charge on any atom is -0.262 e. The summed E-state index contributed by atoms with van der Waals surface area (Å²) in [6.07, 6.45) is 9.12. The summed E-state index contributed by atoms with van der Waals surface area (Å²) in [5.74, 6) is 0.826. The van der Waals surface area contributed by atoms with Crippen molar-refractivity contribution in [3.63, 3.8) is 0 Å². The van der Waals surface area contributed by atoms with Crippen LogP contribution in [0.25, 0.3) is 34.0 Å². The lowest BCUT2D eigenvalue weighted by Crippen LogP contribution is -2.25. The molecule has 0 fully saturated rings. The molecule has 7 heteroatoms. The molecule has 0 atom stereocenters. The Hall–Kier alpha value is -4.00. The average molecular weight is 367 g/mol. The molecule has 28 heavy (non-hydrogen) atoms. The van der Waals surface area contributed by atoms with Crippen molar-refractivity contribution >= 4 is 0 Å². The van der Waals surface area contributed by atoms with Crippen LogP contribution >= 0.6 is 0 Å². The first-order valence-electron chi connectivity index (χ1n) is 8.89. The van der Waals surface area contributed by atoms with Crippen molar-refractivity contribution in [1.29, 1.82) is 0 Å². The van der Waals surface area contributed by atoms with Crippen LogP contribution in [0, 0.1) is 0 Å². The van der Waals surface area contributed by atoms with Crippen LogP contribution in [0.4, 0.5) is 0 Å². The van der Waals surface area contributed by atoms with Crippen LogP contribution in [0.3, 0.4) is 0 Å². The molecule has 0 aliphatic rings. The van der Waals surface area contributed by atoms with Crippen molar-refractivity contribution in [2.45, 2.75) is 0 Å². The van der Waals surface area contributed by atoms with E-state index in [4.69, 9.17) is 0 Å². The van der Waals surface area contributed by atoms with Gasteiger partial charge < -0.3 is 0 Å². The molecule has 7 nitrogen and oxygen atoms in total. The van der Waals surface area contributed by atoms with Crippen molar-refractivity contribution in [3.05, 3.63) is 85.6 Å². The van der Waals surface area contributed by atoms with Crippen molar-refractivity contribution in [2.24, 2.45) is 7.05 Å². The van der Waals surface area contributed by atoms with E-state index >= 15 is 0 Å². The maximum Gasteiger partial charge on any atom is 0.197 e. The third kappa shape index (κ3) is 2.79. The van der Waals surface area contributed by atoms with Crippen LogP contribution in [0.2, 0.25) is 0 Å². The molecule has 0 bridgehead atoms. The van der Waals surface area contributed by atoms with E-state index in [9.17, 15) is 0 Å². The zero-order chi connectivity index (χ0) is 18.9. The molecule has 0 spiro atoms. The van der Waals surface area contributed by atoms with Crippen molar-refractivity contribution in [1.82, 2.24) is 34.3 Å². The van der Waals surface area contributed by atoms with Gasteiger partial charge in [-0.1, -0.05) is 18.2 Å². The minimum absolute atomic E-state index is 0.826. The monoisotopic (exact) mass is 367 g/mol. The predicted molar refractivity (Wildman–Crippen MR) is 106 cm³/mol. The molecule has 136 valence electrons. The fourth-order valence-electron chi connectivity index (χ4n) is 3.16. The van der Waals surface area contributed by atoms with Crippen LogP contribution in [0.5, 0.6) is 0 Å². The second-order valence-corrected chi connectivity index (χ2v) is 6.38. The van der Waals surface area contributed by atoms with Gasteiger partial charge >= 0.3 is 0 Å². The van der Waals surface area contributed by atoms with E-state index in [0.29, 0.717) is 0 Å². The average Bonchev–Trinajstić information content (AvgIpc) is 3.29. The molecule has 0 saturated carbocycles. The molecule has 0 N–H and O–H groups in total. The number of benzene rings is 1. The molecule has 0 radical (unpaired) electrons. The molecule has 1 aromatic carbocycles. The number of hydrogen-bond acceptors (Lipinski definition) is 4. The summed E-state index contributed by atoms with van der Waals surface area (Å²) in [6, 6.07) is 18.0. The minimum atomic E-state index is 0.826. The van der Waals surface area contributed by atoms with E-state index in [-0.39, 0.29) is 0 Å². The number of rotatable bonds is 4. The summed E-state index contributed by atoms with van der Waals surface area (Å²) in [5, 5.41) is 8.89. The van der Waals surface area contributed by atoms with E-state index < -0.39 is 0 Å². The van der Waals surface area contributed by atoms with E-state index in [2.05, 4.69) is 38.4 Å². The highest BCUT2D eigenvalue weighted by Gasteiger charge is 2.15. The number of hydrogen-bond donors (Lipinski definition) is 0. The third-order valence-corrected chi connectivity index (χ3v) is 4.58. The smallest absolute Gasteiger partial charge is 0.197 e. The first-order chi connectivity index (χ1) is 13.8. The Morgan fingerprint density at radius 1 is 0.821 bits per heavy atom. The first kappa shape index (κ1) is 16.2. The summed E-state index contributed by atoms with van der Waals surface area (Å²) < 4.78 is 3.80. The quantitative estimate of drug-likeness (QED) is 0.487. The van der Waals surface area contributed by atoms with Gasteiger partial charge in [0.05, 0.1) is 11.9 Å². The molecule has 4 aromatic heterocycles. The summed E-state index contributed by atoms with van der Waals surface area (Å²) in [6.45, 7) is 0. The number of pyridine rings is 2. The van der Waals surface area contributed by atoms with E-state index in [0.717, 1.165) is 34.0 Å². The molecule has 4 heterocycles. The Kier molecular flexibility index (Phi) is 3.83. The molecule has 0 unspecified atom stereocenters. The van der Waals surface area contributed by atoms with Crippen LogP contribution in [-0.2, 0) is 7.05 Å². The summed E-state index contributed by atoms with van der Waals surface area (Å²) in [4.78, 5) is 10.6. The highest BCUT2D eigenvalue weighted by molar-refractivity contribution is 5.67. The van der Waals surface area contributed by atoms with E-state index in [1.807, 2.05) is 70.0 Å². The lowest BCUT2D eigenvalue weighted by Gasteiger charge is -2.20. The van der Waals surface area contributed by atoms with Gasteiger partial charge in [0.1, 0.15) is 11.4 Å². The summed E-state index contributed by atoms with van der Waals surface area (Å²) in [7, 11) is 1.96. The van der Waals surface area contributed by atoms with Crippen molar-refractivity contribution in [2.75, 3.05) is 0 Å². The summed E-state index contributed by atoms with van der Waals surface area (Å²) in [5.41, 5.74) is 4.83. The third-order valence-electron chi connectivity index (χ3n) is 4.58. The van der Waals surface area contributed by atoms with Gasteiger partial charge in [0.2, 0.25) is 0 Å². The molecule has 0 aliphatic carbocycles. The zero-order valence-corrected chi connectivity index (χ0v) is 15.2. The van der Waals surface area contributed by atoms with Crippen LogP contribution in [0.15, 0.2) is 85.6 Å². The van der Waals surface area contributed by atoms with Crippen LogP contribution in [-0.4, -0.2) is 34.3 Å². The van der Waals surface area contributed by atoms with Gasteiger partial charge in [-0.25, -0.2) is 9.36 Å². The molecule has 5 aromatic rings. The Balaban J connectivity index is 1.49. The lowest BCUT2D eigenvalue weighted by atomic mass is 10.1. The Labute approximate surface area is 161 Å². The molecule has 0 amide bonds. The van der Waals surface area contributed by atoms with E-state index in [1.54, 1.807) is 18.6 Å². The van der Waals surface area contributed by atoms with Crippen molar-refractivity contribution < 1.29 is 0 Å². The largest absolute Gasteiger partial charge is 0.262 e. The van der Waals surface area contributed by atoms with Crippen LogP contribution < -0.4 is 0 Å². The zero-order valence-electron chi connectivity index (χ0n) is 15.2. The Bertz CT molecular complexity index is 1220. The Morgan fingerprint density at radius 2 is 1.75 bits per heavy atom. The number of aromatic nitrogens is 7. The van der Waals surface area contributed by atoms with E-state index in [1.165, 1.54) is 0 Å². The molecular weight excluding hydrogens is 350 g/mol. The Morgan fingerprint density at radius 3 is 2.54 bits per heavy atom. The van der Waals surface area contributed by atoms with Gasteiger partial charge in [0, 0.05) is 37.4 Å². The van der Waals surface area contributed by atoms with Gasteiger partial charge in [0.25, 0.3) is 0 Å².